The molecule has 1 heterocycles. The van der Waals surface area contributed by atoms with E-state index in [0.29, 0.717) is 17.8 Å². The van der Waals surface area contributed by atoms with Crippen molar-refractivity contribution in [2.24, 2.45) is 45.3 Å². The predicted molar refractivity (Wildman–Crippen MR) is 135 cm³/mol. The quantitative estimate of drug-likeness (QED) is 0.453. The van der Waals surface area contributed by atoms with Crippen LogP contribution in [0.25, 0.3) is 0 Å². The van der Waals surface area contributed by atoms with E-state index in [-0.39, 0.29) is 45.4 Å². The van der Waals surface area contributed by atoms with Crippen molar-refractivity contribution in [3.63, 3.8) is 0 Å². The van der Waals surface area contributed by atoms with E-state index < -0.39 is 11.7 Å². The van der Waals surface area contributed by atoms with Gasteiger partial charge in [-0.2, -0.15) is 0 Å². The Bertz CT molecular complexity index is 823. The van der Waals surface area contributed by atoms with Crippen LogP contribution in [0.3, 0.4) is 0 Å². The summed E-state index contributed by atoms with van der Waals surface area (Å²) in [4.78, 5) is 0. The summed E-state index contributed by atoms with van der Waals surface area (Å²) in [5.41, 5.74) is -0.466. The Labute approximate surface area is 208 Å². The number of aliphatic hydroxyl groups is 3. The summed E-state index contributed by atoms with van der Waals surface area (Å²) >= 11 is 0. The SMILES string of the molecule is CC1(C)O[C@@](C)([C@H]2CC[C@]3(C)[C@@H]2[C@H](O)C[C@@H]2[C@@]4(C)CC[C@H](O)C(C)(C)[C@@H]4CC[C@]23C)CCC1O. The molecule has 0 spiro atoms. The molecule has 0 bridgehead atoms. The number of hydrogen-bond donors (Lipinski definition) is 3. The molecule has 1 unspecified atom stereocenters. The Morgan fingerprint density at radius 1 is 0.647 bits per heavy atom. The van der Waals surface area contributed by atoms with Crippen molar-refractivity contribution >= 4 is 0 Å². The smallest absolute Gasteiger partial charge is 0.0891 e. The van der Waals surface area contributed by atoms with Gasteiger partial charge in [-0.05, 0) is 124 Å². The Balaban J connectivity index is 1.50. The molecule has 0 aromatic heterocycles. The molecule has 0 aromatic carbocycles. The molecule has 34 heavy (non-hydrogen) atoms. The van der Waals surface area contributed by atoms with Gasteiger partial charge in [-0.15, -0.1) is 0 Å². The van der Waals surface area contributed by atoms with Crippen LogP contribution >= 0.6 is 0 Å². The molecule has 0 radical (unpaired) electrons. The monoisotopic (exact) mass is 476 g/mol. The van der Waals surface area contributed by atoms with Crippen LogP contribution in [0.15, 0.2) is 0 Å². The fourth-order valence-electron chi connectivity index (χ4n) is 11.2. The molecule has 0 amide bonds. The third kappa shape index (κ3) is 3.10. The summed E-state index contributed by atoms with van der Waals surface area (Å²) in [7, 11) is 0. The molecule has 0 aromatic rings. The molecule has 5 rings (SSSR count). The maximum Gasteiger partial charge on any atom is 0.0891 e. The van der Waals surface area contributed by atoms with Gasteiger partial charge < -0.3 is 20.1 Å². The number of fused-ring (bicyclic) bond motifs is 5. The van der Waals surface area contributed by atoms with E-state index in [1.807, 2.05) is 13.8 Å². The first-order chi connectivity index (χ1) is 15.5. The molecule has 4 aliphatic carbocycles. The van der Waals surface area contributed by atoms with E-state index in [1.165, 1.54) is 12.8 Å². The summed E-state index contributed by atoms with van der Waals surface area (Å²) in [5.74, 6) is 1.56. The van der Waals surface area contributed by atoms with E-state index in [0.717, 1.165) is 44.9 Å². The fourth-order valence-corrected chi connectivity index (χ4v) is 11.2. The minimum atomic E-state index is -0.544. The highest BCUT2D eigenvalue weighted by Crippen LogP contribution is 2.76. The molecular formula is C30H52O4. The molecule has 11 atom stereocenters. The lowest BCUT2D eigenvalue weighted by Gasteiger charge is -2.70. The van der Waals surface area contributed by atoms with Crippen LogP contribution in [0.1, 0.15) is 113 Å². The molecule has 3 N–H and O–H groups in total. The van der Waals surface area contributed by atoms with Gasteiger partial charge in [0, 0.05) is 0 Å². The lowest BCUT2D eigenvalue weighted by Crippen LogP contribution is -2.67. The van der Waals surface area contributed by atoms with E-state index in [2.05, 4.69) is 41.5 Å². The van der Waals surface area contributed by atoms with E-state index in [9.17, 15) is 15.3 Å². The third-order valence-corrected chi connectivity index (χ3v) is 13.4. The minimum absolute atomic E-state index is 0.0644. The zero-order valence-electron chi connectivity index (χ0n) is 23.2. The first-order valence-corrected chi connectivity index (χ1v) is 14.3. The molecule has 4 heteroatoms. The van der Waals surface area contributed by atoms with E-state index in [4.69, 9.17) is 4.74 Å². The summed E-state index contributed by atoms with van der Waals surface area (Å²) in [6.07, 6.45) is 8.17. The lowest BCUT2D eigenvalue weighted by molar-refractivity contribution is -0.268. The molecule has 4 saturated carbocycles. The Morgan fingerprint density at radius 3 is 1.91 bits per heavy atom. The van der Waals surface area contributed by atoms with Crippen LogP contribution in [-0.2, 0) is 4.74 Å². The summed E-state index contributed by atoms with van der Waals surface area (Å²) < 4.78 is 6.72. The van der Waals surface area contributed by atoms with Gasteiger partial charge in [0.2, 0.25) is 0 Å². The average Bonchev–Trinajstić information content (AvgIpc) is 3.11. The Kier molecular flexibility index (Phi) is 5.59. The normalized spacial score (nSPS) is 58.5. The average molecular weight is 477 g/mol. The van der Waals surface area contributed by atoms with Crippen LogP contribution in [0.2, 0.25) is 0 Å². The maximum atomic E-state index is 11.9. The van der Waals surface area contributed by atoms with E-state index >= 15 is 0 Å². The first kappa shape index (κ1) is 25.5. The zero-order valence-corrected chi connectivity index (χ0v) is 23.2. The second-order valence-corrected chi connectivity index (χ2v) is 15.4. The Morgan fingerprint density at radius 2 is 1.26 bits per heavy atom. The second kappa shape index (κ2) is 7.45. The minimum Gasteiger partial charge on any atom is -0.393 e. The van der Waals surface area contributed by atoms with Crippen molar-refractivity contribution in [2.75, 3.05) is 0 Å². The van der Waals surface area contributed by atoms with Crippen molar-refractivity contribution in [2.45, 2.75) is 143 Å². The molecule has 196 valence electrons. The van der Waals surface area contributed by atoms with Crippen LogP contribution in [-0.4, -0.2) is 44.8 Å². The molecule has 4 nitrogen and oxygen atoms in total. The number of ether oxygens (including phenoxy) is 1. The zero-order chi connectivity index (χ0) is 25.1. The van der Waals surface area contributed by atoms with Crippen molar-refractivity contribution in [3.05, 3.63) is 0 Å². The van der Waals surface area contributed by atoms with Gasteiger partial charge in [-0.1, -0.05) is 34.6 Å². The van der Waals surface area contributed by atoms with Gasteiger partial charge in [0.1, 0.15) is 0 Å². The fraction of sp³-hybridized carbons (Fsp3) is 1.00. The van der Waals surface area contributed by atoms with Gasteiger partial charge in [-0.3, -0.25) is 0 Å². The van der Waals surface area contributed by atoms with Gasteiger partial charge in [0.25, 0.3) is 0 Å². The molecular weight excluding hydrogens is 424 g/mol. The van der Waals surface area contributed by atoms with Crippen LogP contribution in [0.4, 0.5) is 0 Å². The van der Waals surface area contributed by atoms with Gasteiger partial charge in [0.05, 0.1) is 29.5 Å². The molecule has 1 aliphatic heterocycles. The molecule has 5 fully saturated rings. The summed E-state index contributed by atoms with van der Waals surface area (Å²) in [6, 6.07) is 0. The standard InChI is InChI=1S/C30H52O4/c1-25(2)20-10-15-28(6)21(27(20,5)13-11-22(25)32)17-19(31)24-18(9-14-29(24,28)7)30(8)16-12-23(33)26(3,4)34-30/h18-24,31-33H,9-17H2,1-8H3/t18-,19+,20-,21+,22-,23?,24-,27-,28+,29+,30+/m0/s1. The topological polar surface area (TPSA) is 69.9 Å². The van der Waals surface area contributed by atoms with Crippen molar-refractivity contribution in [1.82, 2.24) is 0 Å². The van der Waals surface area contributed by atoms with Crippen molar-refractivity contribution in [1.29, 1.82) is 0 Å². The number of rotatable bonds is 1. The first-order valence-electron chi connectivity index (χ1n) is 14.3. The van der Waals surface area contributed by atoms with Crippen molar-refractivity contribution in [3.8, 4) is 0 Å². The van der Waals surface area contributed by atoms with E-state index in [1.54, 1.807) is 0 Å². The summed E-state index contributed by atoms with van der Waals surface area (Å²) in [6.45, 7) is 18.5. The highest BCUT2D eigenvalue weighted by molar-refractivity contribution is 5.20. The van der Waals surface area contributed by atoms with Gasteiger partial charge in [0.15, 0.2) is 0 Å². The highest BCUT2D eigenvalue weighted by Gasteiger charge is 2.71. The van der Waals surface area contributed by atoms with Crippen LogP contribution in [0, 0.1) is 45.3 Å². The Hall–Kier alpha value is -0.160. The molecule has 1 saturated heterocycles. The third-order valence-electron chi connectivity index (χ3n) is 13.4. The lowest BCUT2D eigenvalue weighted by atomic mass is 9.35. The summed E-state index contributed by atoms with van der Waals surface area (Å²) in [5, 5.41) is 33.4. The highest BCUT2D eigenvalue weighted by atomic mass is 16.5. The van der Waals surface area contributed by atoms with Crippen molar-refractivity contribution < 1.29 is 20.1 Å². The largest absolute Gasteiger partial charge is 0.393 e. The predicted octanol–water partition coefficient (Wildman–Crippen LogP) is 5.71. The van der Waals surface area contributed by atoms with Gasteiger partial charge in [-0.25, -0.2) is 0 Å². The number of aliphatic hydroxyl groups excluding tert-OH is 3. The van der Waals surface area contributed by atoms with Crippen LogP contribution < -0.4 is 0 Å². The van der Waals surface area contributed by atoms with Crippen LogP contribution in [0.5, 0.6) is 0 Å². The van der Waals surface area contributed by atoms with Gasteiger partial charge >= 0.3 is 0 Å². The molecule has 5 aliphatic rings. The number of hydrogen-bond acceptors (Lipinski definition) is 4. The second-order valence-electron chi connectivity index (χ2n) is 15.4. The maximum absolute atomic E-state index is 11.9.